The third-order valence-electron chi connectivity index (χ3n) is 17.0. The lowest BCUT2D eigenvalue weighted by Crippen LogP contribution is -2.73. The van der Waals surface area contributed by atoms with Crippen molar-refractivity contribution in [3.8, 4) is 11.8 Å². The lowest BCUT2D eigenvalue weighted by Gasteiger charge is -2.78. The molecule has 5 saturated carbocycles. The van der Waals surface area contributed by atoms with Crippen LogP contribution in [0.3, 0.4) is 0 Å². The molecule has 4 heteroatoms. The number of aliphatic carboxylic acids is 1. The molecular weight excluding hydrogens is 520 g/mol. The molecule has 1 saturated heterocycles. The van der Waals surface area contributed by atoms with Gasteiger partial charge in [-0.05, 0) is 130 Å². The molecule has 1 aliphatic heterocycles. The van der Waals surface area contributed by atoms with Gasteiger partial charge in [-0.25, -0.2) is 0 Å². The van der Waals surface area contributed by atoms with Crippen molar-refractivity contribution < 1.29 is 19.7 Å². The van der Waals surface area contributed by atoms with E-state index in [0.29, 0.717) is 24.4 Å². The van der Waals surface area contributed by atoms with Gasteiger partial charge in [-0.3, -0.25) is 4.79 Å². The summed E-state index contributed by atoms with van der Waals surface area (Å²) in [6.07, 6.45) is 17.5. The van der Waals surface area contributed by atoms with Gasteiger partial charge >= 0.3 is 5.97 Å². The minimum Gasteiger partial charge on any atom is -0.481 e. The molecule has 12 unspecified atom stereocenters. The van der Waals surface area contributed by atoms with E-state index in [9.17, 15) is 15.0 Å². The summed E-state index contributed by atoms with van der Waals surface area (Å²) in [5.41, 5.74) is -0.187. The second kappa shape index (κ2) is 9.02. The lowest BCUT2D eigenvalue weighted by atomic mass is 9.25. The molecule has 6 aliphatic carbocycles. The standard InChI is InChI=1S/C38H58O4/c1-7-9-27-10-8-13-37-23-21-35-25-42-38(41,26(35)2)15-12-28(35)33(37,5)19-22-36(14-11-27)29-24-32(4,30(39)40)17-16-31(29,3)18-20-34(36,37)6/h26-29,41H,7,9-12,14-25H2,1-6H3,(H,39,40). The Kier molecular flexibility index (Phi) is 6.37. The third kappa shape index (κ3) is 3.32. The van der Waals surface area contributed by atoms with Crippen molar-refractivity contribution in [2.75, 3.05) is 6.61 Å². The van der Waals surface area contributed by atoms with E-state index < -0.39 is 17.2 Å². The number of carboxylic acids is 1. The van der Waals surface area contributed by atoms with E-state index in [1.165, 1.54) is 51.4 Å². The van der Waals surface area contributed by atoms with Crippen LogP contribution in [0.1, 0.15) is 144 Å². The second-order valence-corrected chi connectivity index (χ2v) is 18.0. The largest absolute Gasteiger partial charge is 0.481 e. The molecule has 0 amide bonds. The minimum atomic E-state index is -0.951. The Labute approximate surface area is 255 Å². The van der Waals surface area contributed by atoms with Gasteiger partial charge in [0, 0.05) is 29.6 Å². The summed E-state index contributed by atoms with van der Waals surface area (Å²) in [5.74, 6) is 8.42. The SMILES string of the molecule is CCCC1CC#CC23CCC45COC(O)(CCC4C2(C)CCC2(CC1)C1CC(C)(C(=O)O)CCC1(C)CCC23C)C5C. The molecular formula is C38H58O4. The maximum absolute atomic E-state index is 12.8. The first-order valence-corrected chi connectivity index (χ1v) is 17.8. The van der Waals surface area contributed by atoms with Crippen LogP contribution in [0.2, 0.25) is 0 Å². The van der Waals surface area contributed by atoms with Crippen LogP contribution >= 0.6 is 0 Å². The first-order chi connectivity index (χ1) is 19.7. The molecule has 7 aliphatic rings. The summed E-state index contributed by atoms with van der Waals surface area (Å²) in [6.45, 7) is 15.2. The Morgan fingerprint density at radius 2 is 1.67 bits per heavy atom. The Morgan fingerprint density at radius 3 is 2.40 bits per heavy atom. The maximum atomic E-state index is 12.8. The third-order valence-corrected chi connectivity index (χ3v) is 17.0. The molecule has 42 heavy (non-hydrogen) atoms. The van der Waals surface area contributed by atoms with Crippen LogP contribution in [0.4, 0.5) is 0 Å². The molecule has 7 rings (SSSR count). The van der Waals surface area contributed by atoms with Gasteiger partial charge in [-0.1, -0.05) is 47.0 Å². The first kappa shape index (κ1) is 29.6. The van der Waals surface area contributed by atoms with E-state index in [-0.39, 0.29) is 38.4 Å². The number of fused-ring (bicyclic) bond motifs is 3. The molecule has 0 aromatic rings. The summed E-state index contributed by atoms with van der Waals surface area (Å²) in [5, 5.41) is 22.0. The van der Waals surface area contributed by atoms with Gasteiger partial charge in [-0.15, -0.1) is 5.92 Å². The van der Waals surface area contributed by atoms with Crippen molar-refractivity contribution in [1.29, 1.82) is 0 Å². The normalized spacial score (nSPS) is 58.0. The summed E-state index contributed by atoms with van der Waals surface area (Å²) in [6, 6.07) is 0. The highest BCUT2D eigenvalue weighted by molar-refractivity contribution is 5.74. The molecule has 234 valence electrons. The molecule has 4 nitrogen and oxygen atoms in total. The lowest BCUT2D eigenvalue weighted by molar-refractivity contribution is -0.297. The molecule has 12 atom stereocenters. The smallest absolute Gasteiger partial charge is 0.309 e. The fourth-order valence-electron chi connectivity index (χ4n) is 14.1. The van der Waals surface area contributed by atoms with Crippen molar-refractivity contribution in [2.45, 2.75) is 150 Å². The first-order valence-electron chi connectivity index (χ1n) is 17.8. The van der Waals surface area contributed by atoms with Gasteiger partial charge in [0.1, 0.15) is 0 Å². The summed E-state index contributed by atoms with van der Waals surface area (Å²) < 4.78 is 6.29. The van der Waals surface area contributed by atoms with Gasteiger partial charge in [0.2, 0.25) is 0 Å². The van der Waals surface area contributed by atoms with Crippen molar-refractivity contribution in [3.63, 3.8) is 0 Å². The van der Waals surface area contributed by atoms with Gasteiger partial charge in [-0.2, -0.15) is 0 Å². The van der Waals surface area contributed by atoms with Gasteiger partial charge < -0.3 is 14.9 Å². The van der Waals surface area contributed by atoms with E-state index in [0.717, 1.165) is 51.4 Å². The van der Waals surface area contributed by atoms with Crippen LogP contribution < -0.4 is 0 Å². The summed E-state index contributed by atoms with van der Waals surface area (Å²) >= 11 is 0. The van der Waals surface area contributed by atoms with E-state index >= 15 is 0 Å². The van der Waals surface area contributed by atoms with Crippen LogP contribution in [0.25, 0.3) is 0 Å². The van der Waals surface area contributed by atoms with Crippen LogP contribution in [-0.2, 0) is 9.53 Å². The van der Waals surface area contributed by atoms with Crippen molar-refractivity contribution in [1.82, 2.24) is 0 Å². The molecule has 0 aromatic carbocycles. The number of rotatable bonds is 3. The second-order valence-electron chi connectivity index (χ2n) is 18.0. The van der Waals surface area contributed by atoms with E-state index in [4.69, 9.17) is 4.74 Å². The Bertz CT molecular complexity index is 1220. The zero-order valence-electron chi connectivity index (χ0n) is 27.5. The van der Waals surface area contributed by atoms with Crippen LogP contribution in [0.5, 0.6) is 0 Å². The molecule has 6 fully saturated rings. The molecule has 0 radical (unpaired) electrons. The van der Waals surface area contributed by atoms with Gasteiger partial charge in [0.25, 0.3) is 0 Å². The maximum Gasteiger partial charge on any atom is 0.309 e. The van der Waals surface area contributed by atoms with E-state index in [1.54, 1.807) is 0 Å². The van der Waals surface area contributed by atoms with E-state index in [1.807, 2.05) is 0 Å². The topological polar surface area (TPSA) is 66.8 Å². The highest BCUT2D eigenvalue weighted by atomic mass is 16.6. The Hall–Kier alpha value is -1.05. The van der Waals surface area contributed by atoms with Gasteiger partial charge in [0.05, 0.1) is 12.0 Å². The molecule has 1 heterocycles. The van der Waals surface area contributed by atoms with Gasteiger partial charge in [0.15, 0.2) is 5.79 Å². The number of carboxylic acid groups (broad SMARTS) is 1. The van der Waals surface area contributed by atoms with Crippen molar-refractivity contribution >= 4 is 5.97 Å². The predicted octanol–water partition coefficient (Wildman–Crippen LogP) is 8.61. The molecule has 2 spiro atoms. The molecule has 0 aromatic heterocycles. The Morgan fingerprint density at radius 1 is 0.905 bits per heavy atom. The number of hydrogen-bond acceptors (Lipinski definition) is 3. The highest BCUT2D eigenvalue weighted by Gasteiger charge is 2.79. The Balaban J connectivity index is 1.41. The molecule has 4 bridgehead atoms. The zero-order valence-corrected chi connectivity index (χ0v) is 27.5. The monoisotopic (exact) mass is 578 g/mol. The molecule has 2 N–H and O–H groups in total. The quantitative estimate of drug-likeness (QED) is 0.329. The number of hydrogen-bond donors (Lipinski definition) is 2. The predicted molar refractivity (Wildman–Crippen MR) is 165 cm³/mol. The number of ether oxygens (including phenoxy) is 1. The zero-order chi connectivity index (χ0) is 30.0. The van der Waals surface area contributed by atoms with Crippen molar-refractivity contribution in [3.05, 3.63) is 0 Å². The average Bonchev–Trinajstić information content (AvgIpc) is 3.09. The number of aliphatic hydroxyl groups is 1. The highest BCUT2D eigenvalue weighted by Crippen LogP contribution is 2.84. The van der Waals surface area contributed by atoms with Crippen LogP contribution in [-0.4, -0.2) is 28.6 Å². The summed E-state index contributed by atoms with van der Waals surface area (Å²) in [7, 11) is 0. The van der Waals surface area contributed by atoms with Crippen molar-refractivity contribution in [2.24, 2.45) is 61.6 Å². The number of carbonyl (C=O) groups is 1. The fraction of sp³-hybridized carbons (Fsp3) is 0.921. The van der Waals surface area contributed by atoms with Crippen LogP contribution in [0, 0.1) is 73.4 Å². The van der Waals surface area contributed by atoms with Crippen LogP contribution in [0.15, 0.2) is 0 Å². The minimum absolute atomic E-state index is 0.0457. The summed E-state index contributed by atoms with van der Waals surface area (Å²) in [4.78, 5) is 12.8. The fourth-order valence-corrected chi connectivity index (χ4v) is 14.1. The average molecular weight is 579 g/mol. The van der Waals surface area contributed by atoms with E-state index in [2.05, 4.69) is 53.4 Å².